The van der Waals surface area contributed by atoms with Crippen LogP contribution in [0.5, 0.6) is 0 Å². The van der Waals surface area contributed by atoms with Gasteiger partial charge in [-0.3, -0.25) is 0 Å². The zero-order chi connectivity index (χ0) is 9.64. The maximum Gasteiger partial charge on any atom is 0.0216 e. The number of likely N-dealkylation sites (tertiary alicyclic amines) is 1. The molecule has 76 valence electrons. The Labute approximate surface area is 82.5 Å². The molecule has 0 radical (unpaired) electrons. The third kappa shape index (κ3) is 1.41. The molecular weight excluding hydrogens is 158 g/mol. The van der Waals surface area contributed by atoms with Crippen LogP contribution in [0.15, 0.2) is 0 Å². The fourth-order valence-corrected chi connectivity index (χ4v) is 2.91. The summed E-state index contributed by atoms with van der Waals surface area (Å²) in [5.41, 5.74) is 0.530. The molecule has 0 spiro atoms. The number of rotatable bonds is 3. The average Bonchev–Trinajstić information content (AvgIpc) is 2.80. The summed E-state index contributed by atoms with van der Waals surface area (Å²) in [6.07, 6.45) is 4.31. The lowest BCUT2D eigenvalue weighted by molar-refractivity contribution is -0.0580. The van der Waals surface area contributed by atoms with E-state index in [2.05, 4.69) is 32.7 Å². The quantitative estimate of drug-likeness (QED) is 0.647. The van der Waals surface area contributed by atoms with Crippen LogP contribution in [0.3, 0.4) is 0 Å². The Morgan fingerprint density at radius 3 is 2.46 bits per heavy atom. The van der Waals surface area contributed by atoms with Crippen LogP contribution in [0.25, 0.3) is 0 Å². The van der Waals surface area contributed by atoms with E-state index in [9.17, 15) is 0 Å². The van der Waals surface area contributed by atoms with E-state index >= 15 is 0 Å². The first kappa shape index (κ1) is 9.51. The molecule has 0 amide bonds. The van der Waals surface area contributed by atoms with Crippen LogP contribution >= 0.6 is 0 Å². The molecule has 2 fully saturated rings. The fourth-order valence-electron chi connectivity index (χ4n) is 2.91. The smallest absolute Gasteiger partial charge is 0.0216 e. The van der Waals surface area contributed by atoms with E-state index in [4.69, 9.17) is 0 Å². The van der Waals surface area contributed by atoms with Crippen molar-refractivity contribution in [3.05, 3.63) is 0 Å². The summed E-state index contributed by atoms with van der Waals surface area (Å²) in [5, 5.41) is 0. The summed E-state index contributed by atoms with van der Waals surface area (Å²) in [6, 6.07) is 0. The molecule has 1 aliphatic heterocycles. The molecule has 1 nitrogen and oxygen atoms in total. The molecule has 0 N–H and O–H groups in total. The maximum absolute atomic E-state index is 2.53. The minimum Gasteiger partial charge on any atom is -0.300 e. The van der Waals surface area contributed by atoms with Crippen LogP contribution in [-0.4, -0.2) is 24.0 Å². The van der Waals surface area contributed by atoms with E-state index in [1.165, 1.54) is 25.8 Å². The third-order valence-corrected chi connectivity index (χ3v) is 4.82. The molecule has 1 heteroatoms. The van der Waals surface area contributed by atoms with Crippen LogP contribution in [0, 0.1) is 17.8 Å². The first-order valence-corrected chi connectivity index (χ1v) is 5.79. The molecular formula is C12H23N. The van der Waals surface area contributed by atoms with Gasteiger partial charge in [-0.2, -0.15) is 0 Å². The van der Waals surface area contributed by atoms with Gasteiger partial charge in [0.2, 0.25) is 0 Å². The van der Waals surface area contributed by atoms with E-state index in [0.29, 0.717) is 5.54 Å². The molecule has 13 heavy (non-hydrogen) atoms. The van der Waals surface area contributed by atoms with Gasteiger partial charge in [0, 0.05) is 12.1 Å². The van der Waals surface area contributed by atoms with Crippen molar-refractivity contribution >= 4 is 0 Å². The van der Waals surface area contributed by atoms with Gasteiger partial charge in [-0.1, -0.05) is 13.8 Å². The summed E-state index contributed by atoms with van der Waals surface area (Å²) < 4.78 is 0. The predicted octanol–water partition coefficient (Wildman–Crippen LogP) is 2.76. The Morgan fingerprint density at radius 2 is 2.08 bits per heavy atom. The van der Waals surface area contributed by atoms with Gasteiger partial charge >= 0.3 is 0 Å². The van der Waals surface area contributed by atoms with E-state index in [0.717, 1.165) is 17.8 Å². The fraction of sp³-hybridized carbons (Fsp3) is 1.00. The van der Waals surface area contributed by atoms with Gasteiger partial charge in [0.15, 0.2) is 0 Å². The Bertz CT molecular complexity index is 201. The molecule has 1 saturated carbocycles. The van der Waals surface area contributed by atoms with Gasteiger partial charge < -0.3 is 4.90 Å². The molecule has 4 unspecified atom stereocenters. The lowest BCUT2D eigenvalue weighted by Crippen LogP contribution is -2.63. The van der Waals surface area contributed by atoms with Gasteiger partial charge in [-0.05, 0) is 51.0 Å². The van der Waals surface area contributed by atoms with Crippen molar-refractivity contribution in [2.24, 2.45) is 17.8 Å². The standard InChI is InChI=1S/C12H23N/c1-5-12(3)11(8-13(12)4)7-10-6-9(10)2/h9-11H,5-8H2,1-4H3. The van der Waals surface area contributed by atoms with Crippen molar-refractivity contribution in [2.45, 2.75) is 45.6 Å². The van der Waals surface area contributed by atoms with Crippen LogP contribution in [-0.2, 0) is 0 Å². The highest BCUT2D eigenvalue weighted by molar-refractivity contribution is 5.03. The SMILES string of the molecule is CCC1(C)C(CC2CC2C)CN1C. The lowest BCUT2D eigenvalue weighted by Gasteiger charge is -2.56. The zero-order valence-electron chi connectivity index (χ0n) is 9.51. The van der Waals surface area contributed by atoms with Crippen molar-refractivity contribution in [2.75, 3.05) is 13.6 Å². The Kier molecular flexibility index (Phi) is 2.18. The second kappa shape index (κ2) is 2.98. The Balaban J connectivity index is 1.87. The summed E-state index contributed by atoms with van der Waals surface area (Å²) in [5.74, 6) is 3.09. The van der Waals surface area contributed by atoms with Crippen LogP contribution in [0.1, 0.15) is 40.0 Å². The molecule has 0 aromatic rings. The average molecular weight is 181 g/mol. The maximum atomic E-state index is 2.53. The largest absolute Gasteiger partial charge is 0.300 e. The van der Waals surface area contributed by atoms with Crippen LogP contribution in [0.4, 0.5) is 0 Å². The van der Waals surface area contributed by atoms with Gasteiger partial charge in [-0.25, -0.2) is 0 Å². The van der Waals surface area contributed by atoms with E-state index in [-0.39, 0.29) is 0 Å². The predicted molar refractivity (Wildman–Crippen MR) is 56.7 cm³/mol. The Morgan fingerprint density at radius 1 is 1.46 bits per heavy atom. The third-order valence-electron chi connectivity index (χ3n) is 4.82. The molecule has 0 aromatic carbocycles. The summed E-state index contributed by atoms with van der Waals surface area (Å²) in [6.45, 7) is 8.51. The molecule has 1 saturated heterocycles. The summed E-state index contributed by atoms with van der Waals surface area (Å²) >= 11 is 0. The first-order chi connectivity index (χ1) is 6.08. The minimum atomic E-state index is 0.530. The normalized spacial score (nSPS) is 50.3. The molecule has 1 aliphatic carbocycles. The second-order valence-electron chi connectivity index (χ2n) is 5.50. The summed E-state index contributed by atoms with van der Waals surface area (Å²) in [7, 11) is 2.27. The topological polar surface area (TPSA) is 3.24 Å². The van der Waals surface area contributed by atoms with Crippen molar-refractivity contribution in [1.29, 1.82) is 0 Å². The van der Waals surface area contributed by atoms with E-state index in [1.807, 2.05) is 0 Å². The van der Waals surface area contributed by atoms with Crippen molar-refractivity contribution in [1.82, 2.24) is 4.90 Å². The van der Waals surface area contributed by atoms with Gasteiger partial charge in [0.05, 0.1) is 0 Å². The van der Waals surface area contributed by atoms with Gasteiger partial charge in [0.1, 0.15) is 0 Å². The zero-order valence-corrected chi connectivity index (χ0v) is 9.51. The first-order valence-electron chi connectivity index (χ1n) is 5.79. The highest BCUT2D eigenvalue weighted by Gasteiger charge is 2.49. The molecule has 2 rings (SSSR count). The molecule has 0 aromatic heterocycles. The number of nitrogens with zero attached hydrogens (tertiary/aromatic N) is 1. The van der Waals surface area contributed by atoms with Crippen molar-refractivity contribution in [3.8, 4) is 0 Å². The van der Waals surface area contributed by atoms with Crippen molar-refractivity contribution < 1.29 is 0 Å². The summed E-state index contributed by atoms with van der Waals surface area (Å²) in [4.78, 5) is 2.53. The van der Waals surface area contributed by atoms with Gasteiger partial charge in [-0.15, -0.1) is 0 Å². The van der Waals surface area contributed by atoms with Gasteiger partial charge in [0.25, 0.3) is 0 Å². The van der Waals surface area contributed by atoms with Crippen LogP contribution < -0.4 is 0 Å². The monoisotopic (exact) mass is 181 g/mol. The van der Waals surface area contributed by atoms with E-state index in [1.54, 1.807) is 0 Å². The molecule has 4 atom stereocenters. The molecule has 0 bridgehead atoms. The lowest BCUT2D eigenvalue weighted by atomic mass is 9.71. The van der Waals surface area contributed by atoms with E-state index < -0.39 is 0 Å². The number of hydrogen-bond acceptors (Lipinski definition) is 1. The molecule has 1 heterocycles. The molecule has 2 aliphatic rings. The van der Waals surface area contributed by atoms with Crippen LogP contribution in [0.2, 0.25) is 0 Å². The highest BCUT2D eigenvalue weighted by atomic mass is 15.2. The highest BCUT2D eigenvalue weighted by Crippen LogP contribution is 2.49. The van der Waals surface area contributed by atoms with Crippen molar-refractivity contribution in [3.63, 3.8) is 0 Å². The minimum absolute atomic E-state index is 0.530. The number of hydrogen-bond donors (Lipinski definition) is 0. The Hall–Kier alpha value is -0.0400. The second-order valence-corrected chi connectivity index (χ2v) is 5.50.